The average molecular weight is 540 g/mol. The molecule has 7 heteroatoms. The van der Waals surface area contributed by atoms with Gasteiger partial charge in [-0.1, -0.05) is 25.1 Å². The molecule has 0 unspecified atom stereocenters. The zero-order valence-corrected chi connectivity index (χ0v) is 23.2. The Labute approximate surface area is 230 Å². The fourth-order valence-electron chi connectivity index (χ4n) is 6.61. The van der Waals surface area contributed by atoms with Crippen LogP contribution in [0.3, 0.4) is 0 Å². The average Bonchev–Trinajstić information content (AvgIpc) is 3.37. The summed E-state index contributed by atoms with van der Waals surface area (Å²) in [6.07, 6.45) is 10.2. The van der Waals surface area contributed by atoms with E-state index in [1.165, 1.54) is 11.3 Å². The number of para-hydroxylation sites is 1. The van der Waals surface area contributed by atoms with Gasteiger partial charge in [0, 0.05) is 16.8 Å². The third kappa shape index (κ3) is 6.26. The first-order valence-corrected chi connectivity index (χ1v) is 15.3. The Kier molecular flexibility index (Phi) is 8.74. The minimum absolute atomic E-state index is 0.0476. The van der Waals surface area contributed by atoms with Crippen molar-refractivity contribution in [3.8, 4) is 5.75 Å². The van der Waals surface area contributed by atoms with Gasteiger partial charge in [-0.25, -0.2) is 4.79 Å². The number of anilines is 1. The van der Waals surface area contributed by atoms with E-state index in [1.54, 1.807) is 0 Å². The minimum atomic E-state index is -0.955. The van der Waals surface area contributed by atoms with Crippen LogP contribution in [0.15, 0.2) is 36.4 Å². The highest BCUT2D eigenvalue weighted by atomic mass is 32.1. The number of benzene rings is 1. The van der Waals surface area contributed by atoms with Gasteiger partial charge in [0.1, 0.15) is 10.6 Å². The van der Waals surface area contributed by atoms with Crippen molar-refractivity contribution in [2.45, 2.75) is 108 Å². The summed E-state index contributed by atoms with van der Waals surface area (Å²) in [7, 11) is 0. The molecular formula is C31H41NO5S. The highest BCUT2D eigenvalue weighted by Gasteiger charge is 2.38. The first-order chi connectivity index (χ1) is 18.4. The molecule has 5 rings (SSSR count). The van der Waals surface area contributed by atoms with Crippen molar-refractivity contribution in [2.75, 3.05) is 4.90 Å². The Morgan fingerprint density at radius 1 is 0.895 bits per heavy atom. The highest BCUT2D eigenvalue weighted by Crippen LogP contribution is 2.44. The van der Waals surface area contributed by atoms with Crippen molar-refractivity contribution >= 4 is 28.9 Å². The smallest absolute Gasteiger partial charge is 0.348 e. The van der Waals surface area contributed by atoms with Crippen molar-refractivity contribution in [2.24, 2.45) is 11.8 Å². The number of amides is 1. The second-order valence-electron chi connectivity index (χ2n) is 11.7. The maximum Gasteiger partial charge on any atom is 0.348 e. The molecule has 0 bridgehead atoms. The highest BCUT2D eigenvalue weighted by molar-refractivity contribution is 7.14. The third-order valence-electron chi connectivity index (χ3n) is 8.94. The molecule has 0 aliphatic heterocycles. The van der Waals surface area contributed by atoms with Crippen molar-refractivity contribution < 1.29 is 24.5 Å². The maximum atomic E-state index is 14.0. The summed E-state index contributed by atoms with van der Waals surface area (Å²) in [6, 6.07) is 11.9. The number of hydrogen-bond acceptors (Lipinski definition) is 5. The SMILES string of the molecule is CC1CCC(C(=O)N(c2cc(C3CCC(Oc4ccccc4)CC3)sc2C(=O)O)C2CCC(O)CC2)CC1. The molecule has 3 aliphatic rings. The van der Waals surface area contributed by atoms with E-state index in [0.29, 0.717) is 37.3 Å². The summed E-state index contributed by atoms with van der Waals surface area (Å²) in [6.45, 7) is 2.24. The predicted molar refractivity (Wildman–Crippen MR) is 150 cm³/mol. The molecule has 2 N–H and O–H groups in total. The van der Waals surface area contributed by atoms with Gasteiger partial charge < -0.3 is 19.8 Å². The summed E-state index contributed by atoms with van der Waals surface area (Å²) < 4.78 is 6.17. The normalized spacial score (nSPS) is 29.9. The number of carbonyl (C=O) groups excluding carboxylic acids is 1. The van der Waals surface area contributed by atoms with Crippen LogP contribution in [-0.2, 0) is 4.79 Å². The lowest BCUT2D eigenvalue weighted by Gasteiger charge is -2.38. The van der Waals surface area contributed by atoms with E-state index < -0.39 is 5.97 Å². The first kappa shape index (κ1) is 27.2. The molecule has 0 radical (unpaired) electrons. The summed E-state index contributed by atoms with van der Waals surface area (Å²) >= 11 is 1.35. The molecule has 2 aromatic rings. The van der Waals surface area contributed by atoms with Crippen LogP contribution in [0.25, 0.3) is 0 Å². The zero-order chi connectivity index (χ0) is 26.6. The standard InChI is InChI=1S/C31H41NO5S/c1-20-7-9-22(10-8-20)30(34)32(23-13-15-24(33)16-14-23)27-19-28(38-29(27)31(35)36)21-11-17-26(18-12-21)37-25-5-3-2-4-6-25/h2-6,19-24,26,33H,7-18H2,1H3,(H,35,36). The quantitative estimate of drug-likeness (QED) is 0.395. The fourth-order valence-corrected chi connectivity index (χ4v) is 7.76. The maximum absolute atomic E-state index is 14.0. The molecule has 0 saturated heterocycles. The van der Waals surface area contributed by atoms with Gasteiger partial charge in [0.25, 0.3) is 0 Å². The van der Waals surface area contributed by atoms with Crippen molar-refractivity contribution in [1.82, 2.24) is 0 Å². The number of aliphatic hydroxyl groups excluding tert-OH is 1. The van der Waals surface area contributed by atoms with Gasteiger partial charge in [0.05, 0.1) is 17.9 Å². The first-order valence-electron chi connectivity index (χ1n) is 14.5. The van der Waals surface area contributed by atoms with Crippen molar-refractivity contribution in [1.29, 1.82) is 0 Å². The topological polar surface area (TPSA) is 87.1 Å². The van der Waals surface area contributed by atoms with E-state index >= 15 is 0 Å². The van der Waals surface area contributed by atoms with E-state index in [9.17, 15) is 19.8 Å². The monoisotopic (exact) mass is 539 g/mol. The molecule has 206 valence electrons. The van der Waals surface area contributed by atoms with Gasteiger partial charge >= 0.3 is 5.97 Å². The second-order valence-corrected chi connectivity index (χ2v) is 12.8. The summed E-state index contributed by atoms with van der Waals surface area (Å²) in [4.78, 5) is 29.7. The Bertz CT molecular complexity index is 1080. The van der Waals surface area contributed by atoms with E-state index in [0.717, 1.165) is 62.0 Å². The summed E-state index contributed by atoms with van der Waals surface area (Å²) in [5.74, 6) is 0.900. The van der Waals surface area contributed by atoms with Crippen LogP contribution in [0.2, 0.25) is 0 Å². The lowest BCUT2D eigenvalue weighted by molar-refractivity contribution is -0.124. The fraction of sp³-hybridized carbons (Fsp3) is 0.613. The number of rotatable bonds is 7. The third-order valence-corrected chi connectivity index (χ3v) is 10.2. The number of carbonyl (C=O) groups is 2. The molecule has 3 aliphatic carbocycles. The van der Waals surface area contributed by atoms with Gasteiger partial charge in [-0.05, 0) is 107 Å². The van der Waals surface area contributed by atoms with Gasteiger partial charge in [0.15, 0.2) is 0 Å². The van der Waals surface area contributed by atoms with E-state index in [2.05, 4.69) is 6.92 Å². The van der Waals surface area contributed by atoms with Crippen LogP contribution < -0.4 is 9.64 Å². The molecule has 0 atom stereocenters. The van der Waals surface area contributed by atoms with E-state index in [4.69, 9.17) is 4.74 Å². The van der Waals surface area contributed by atoms with Gasteiger partial charge in [-0.2, -0.15) is 0 Å². The molecule has 38 heavy (non-hydrogen) atoms. The number of hydrogen-bond donors (Lipinski definition) is 2. The number of nitrogens with zero attached hydrogens (tertiary/aromatic N) is 1. The molecule has 3 fully saturated rings. The summed E-state index contributed by atoms with van der Waals surface area (Å²) in [5.41, 5.74) is 0.588. The van der Waals surface area contributed by atoms with Gasteiger partial charge in [-0.15, -0.1) is 11.3 Å². The molecule has 3 saturated carbocycles. The Morgan fingerprint density at radius 3 is 2.18 bits per heavy atom. The van der Waals surface area contributed by atoms with Crippen LogP contribution in [0.4, 0.5) is 5.69 Å². The zero-order valence-electron chi connectivity index (χ0n) is 22.4. The van der Waals surface area contributed by atoms with Crippen LogP contribution in [0.5, 0.6) is 5.75 Å². The molecule has 1 aromatic heterocycles. The van der Waals surface area contributed by atoms with Gasteiger partial charge in [0.2, 0.25) is 5.91 Å². The number of aliphatic hydroxyl groups is 1. The Balaban J connectivity index is 1.36. The number of ether oxygens (including phenoxy) is 1. The second kappa shape index (κ2) is 12.2. The molecular weight excluding hydrogens is 498 g/mol. The van der Waals surface area contributed by atoms with Crippen molar-refractivity contribution in [3.05, 3.63) is 46.2 Å². The van der Waals surface area contributed by atoms with Crippen molar-refractivity contribution in [3.63, 3.8) is 0 Å². The lowest BCUT2D eigenvalue weighted by atomic mass is 9.81. The molecule has 1 amide bonds. The molecule has 1 aromatic carbocycles. The molecule has 1 heterocycles. The Morgan fingerprint density at radius 2 is 1.55 bits per heavy atom. The van der Waals surface area contributed by atoms with E-state index in [-0.39, 0.29) is 40.9 Å². The number of aromatic carboxylic acids is 1. The van der Waals surface area contributed by atoms with Crippen LogP contribution in [0, 0.1) is 11.8 Å². The van der Waals surface area contributed by atoms with E-state index in [1.807, 2.05) is 41.3 Å². The number of carboxylic acids is 1. The number of carboxylic acid groups (broad SMARTS) is 1. The number of thiophene rings is 1. The molecule has 6 nitrogen and oxygen atoms in total. The van der Waals surface area contributed by atoms with Gasteiger partial charge in [-0.3, -0.25) is 4.79 Å². The Hall–Kier alpha value is -2.38. The largest absolute Gasteiger partial charge is 0.490 e. The predicted octanol–water partition coefficient (Wildman–Crippen LogP) is 7.01. The summed E-state index contributed by atoms with van der Waals surface area (Å²) in [5, 5.41) is 20.3. The minimum Gasteiger partial charge on any atom is -0.490 e. The van der Waals surface area contributed by atoms with Crippen LogP contribution in [-0.4, -0.2) is 40.3 Å². The van der Waals surface area contributed by atoms with Crippen LogP contribution in [0.1, 0.15) is 104 Å². The van der Waals surface area contributed by atoms with Crippen LogP contribution >= 0.6 is 11.3 Å². The molecule has 0 spiro atoms. The lowest BCUT2D eigenvalue weighted by Crippen LogP contribution is -2.47.